The van der Waals surface area contributed by atoms with Crippen molar-refractivity contribution in [1.82, 2.24) is 9.88 Å². The quantitative estimate of drug-likeness (QED) is 0.845. The van der Waals surface area contributed by atoms with Crippen LogP contribution in [0.25, 0.3) is 0 Å². The van der Waals surface area contributed by atoms with E-state index in [1.807, 2.05) is 6.92 Å². The standard InChI is InChI=1S/C14H14ClN3O3S2/c1-7-8(12(19)17-13-16-6-11(15)23-13)5-10(22-7)9-3-2-4-18(9)14(20)21/h5-6,9H,2-4H2,1H3,(H,20,21)(H,16,17,19). The second-order valence-corrected chi connectivity index (χ2v) is 8.13. The summed E-state index contributed by atoms with van der Waals surface area (Å²) in [6.45, 7) is 2.40. The predicted molar refractivity (Wildman–Crippen MR) is 90.8 cm³/mol. The van der Waals surface area contributed by atoms with Crippen molar-refractivity contribution in [2.24, 2.45) is 0 Å². The van der Waals surface area contributed by atoms with Gasteiger partial charge in [0.1, 0.15) is 4.34 Å². The molecule has 2 amide bonds. The van der Waals surface area contributed by atoms with Crippen LogP contribution in [0.3, 0.4) is 0 Å². The molecular formula is C14H14ClN3O3S2. The van der Waals surface area contributed by atoms with Gasteiger partial charge in [-0.15, -0.1) is 11.3 Å². The van der Waals surface area contributed by atoms with Crippen LogP contribution in [-0.2, 0) is 0 Å². The molecule has 1 unspecified atom stereocenters. The fraction of sp³-hybridized carbons (Fsp3) is 0.357. The molecule has 6 nitrogen and oxygen atoms in total. The molecule has 2 aromatic heterocycles. The lowest BCUT2D eigenvalue weighted by Crippen LogP contribution is -2.28. The molecule has 9 heteroatoms. The minimum Gasteiger partial charge on any atom is -0.465 e. The molecule has 0 saturated carbocycles. The van der Waals surface area contributed by atoms with E-state index in [0.29, 0.717) is 21.6 Å². The van der Waals surface area contributed by atoms with Crippen LogP contribution in [0.15, 0.2) is 12.3 Å². The Kier molecular flexibility index (Phi) is 4.56. The van der Waals surface area contributed by atoms with Crippen LogP contribution in [0.1, 0.15) is 39.0 Å². The molecule has 1 aliphatic heterocycles. The Hall–Kier alpha value is -1.64. The molecule has 0 bridgehead atoms. The second-order valence-electron chi connectivity index (χ2n) is 5.18. The first-order chi connectivity index (χ1) is 11.0. The van der Waals surface area contributed by atoms with Gasteiger partial charge in [0.2, 0.25) is 0 Å². The number of carboxylic acid groups (broad SMARTS) is 1. The maximum absolute atomic E-state index is 12.4. The molecule has 0 radical (unpaired) electrons. The Bertz CT molecular complexity index is 758. The van der Waals surface area contributed by atoms with Crippen molar-refractivity contribution in [2.75, 3.05) is 11.9 Å². The largest absolute Gasteiger partial charge is 0.465 e. The maximum Gasteiger partial charge on any atom is 0.407 e. The molecule has 1 aliphatic rings. The fourth-order valence-electron chi connectivity index (χ4n) is 2.66. The summed E-state index contributed by atoms with van der Waals surface area (Å²) in [4.78, 5) is 30.9. The average molecular weight is 372 g/mol. The number of halogens is 1. The number of thiophene rings is 1. The maximum atomic E-state index is 12.4. The molecule has 0 spiro atoms. The summed E-state index contributed by atoms with van der Waals surface area (Å²) in [5, 5.41) is 12.4. The molecule has 122 valence electrons. The van der Waals surface area contributed by atoms with Crippen LogP contribution in [0.5, 0.6) is 0 Å². The van der Waals surface area contributed by atoms with Gasteiger partial charge in [-0.25, -0.2) is 9.78 Å². The van der Waals surface area contributed by atoms with Crippen molar-refractivity contribution in [3.8, 4) is 0 Å². The van der Waals surface area contributed by atoms with E-state index in [-0.39, 0.29) is 11.9 Å². The van der Waals surface area contributed by atoms with Gasteiger partial charge < -0.3 is 10.0 Å². The normalized spacial score (nSPS) is 17.5. The molecule has 3 rings (SSSR count). The van der Waals surface area contributed by atoms with E-state index < -0.39 is 6.09 Å². The van der Waals surface area contributed by atoms with Crippen LogP contribution < -0.4 is 5.32 Å². The van der Waals surface area contributed by atoms with Crippen LogP contribution in [0, 0.1) is 6.92 Å². The SMILES string of the molecule is Cc1sc(C2CCCN2C(=O)O)cc1C(=O)Nc1ncc(Cl)s1. The lowest BCUT2D eigenvalue weighted by atomic mass is 10.1. The summed E-state index contributed by atoms with van der Waals surface area (Å²) in [5.74, 6) is -0.254. The molecule has 3 heterocycles. The Balaban J connectivity index is 1.80. The molecule has 1 fully saturated rings. The van der Waals surface area contributed by atoms with Crippen LogP contribution >= 0.6 is 34.3 Å². The molecule has 1 atom stereocenters. The minimum absolute atomic E-state index is 0.160. The number of anilines is 1. The summed E-state index contributed by atoms with van der Waals surface area (Å²) >= 11 is 8.46. The average Bonchev–Trinajstić information content (AvgIpc) is 3.18. The van der Waals surface area contributed by atoms with Gasteiger partial charge in [0.05, 0.1) is 17.8 Å². The molecule has 2 N–H and O–H groups in total. The Morgan fingerprint density at radius 3 is 2.91 bits per heavy atom. The van der Waals surface area contributed by atoms with Gasteiger partial charge in [-0.05, 0) is 25.8 Å². The van der Waals surface area contributed by atoms with Crippen molar-refractivity contribution < 1.29 is 14.7 Å². The lowest BCUT2D eigenvalue weighted by Gasteiger charge is -2.19. The third-order valence-corrected chi connectivity index (χ3v) is 5.89. The molecule has 0 aliphatic carbocycles. The van der Waals surface area contributed by atoms with Gasteiger partial charge >= 0.3 is 6.09 Å². The highest BCUT2D eigenvalue weighted by molar-refractivity contribution is 7.19. The van der Waals surface area contributed by atoms with Gasteiger partial charge in [0, 0.05) is 16.3 Å². The van der Waals surface area contributed by atoms with Crippen molar-refractivity contribution >= 4 is 51.4 Å². The number of carbonyl (C=O) groups is 2. The highest BCUT2D eigenvalue weighted by Gasteiger charge is 2.31. The third-order valence-electron chi connectivity index (χ3n) is 3.71. The van der Waals surface area contributed by atoms with E-state index in [0.717, 1.165) is 22.6 Å². The van der Waals surface area contributed by atoms with Crippen LogP contribution in [0.2, 0.25) is 4.34 Å². The first-order valence-corrected chi connectivity index (χ1v) is 8.99. The van der Waals surface area contributed by atoms with E-state index in [9.17, 15) is 14.7 Å². The number of nitrogens with one attached hydrogen (secondary N) is 1. The summed E-state index contributed by atoms with van der Waals surface area (Å²) in [5.41, 5.74) is 0.550. The van der Waals surface area contributed by atoms with E-state index in [1.165, 1.54) is 33.8 Å². The van der Waals surface area contributed by atoms with Gasteiger partial charge in [-0.3, -0.25) is 10.1 Å². The van der Waals surface area contributed by atoms with Gasteiger partial charge in [0.15, 0.2) is 5.13 Å². The topological polar surface area (TPSA) is 82.5 Å². The molecule has 0 aromatic carbocycles. The van der Waals surface area contributed by atoms with Crippen LogP contribution in [-0.4, -0.2) is 33.5 Å². The zero-order chi connectivity index (χ0) is 16.6. The number of hydrogen-bond acceptors (Lipinski definition) is 5. The van der Waals surface area contributed by atoms with Crippen molar-refractivity contribution in [3.05, 3.63) is 31.9 Å². The van der Waals surface area contributed by atoms with Gasteiger partial charge in [0.25, 0.3) is 5.91 Å². The third kappa shape index (κ3) is 3.34. The highest BCUT2D eigenvalue weighted by atomic mass is 35.5. The van der Waals surface area contributed by atoms with E-state index in [1.54, 1.807) is 6.07 Å². The van der Waals surface area contributed by atoms with Gasteiger partial charge in [-0.1, -0.05) is 22.9 Å². The van der Waals surface area contributed by atoms with E-state index in [2.05, 4.69) is 10.3 Å². The summed E-state index contributed by atoms with van der Waals surface area (Å²) in [6.07, 6.45) is 2.20. The van der Waals surface area contributed by atoms with Gasteiger partial charge in [-0.2, -0.15) is 0 Å². The summed E-state index contributed by atoms with van der Waals surface area (Å²) in [7, 11) is 0. The number of amides is 2. The summed E-state index contributed by atoms with van der Waals surface area (Å²) < 4.78 is 0.506. The molecule has 1 saturated heterocycles. The minimum atomic E-state index is -0.915. The van der Waals surface area contributed by atoms with Crippen molar-refractivity contribution in [3.63, 3.8) is 0 Å². The fourth-order valence-corrected chi connectivity index (χ4v) is 4.64. The van der Waals surface area contributed by atoms with Crippen LogP contribution in [0.4, 0.5) is 9.93 Å². The number of hydrogen-bond donors (Lipinski definition) is 2. The number of rotatable bonds is 3. The molecular weight excluding hydrogens is 358 g/mol. The molecule has 23 heavy (non-hydrogen) atoms. The first-order valence-electron chi connectivity index (χ1n) is 6.98. The van der Waals surface area contributed by atoms with E-state index >= 15 is 0 Å². The number of nitrogens with zero attached hydrogens (tertiary/aromatic N) is 2. The zero-order valence-corrected chi connectivity index (χ0v) is 14.6. The Morgan fingerprint density at radius 2 is 2.26 bits per heavy atom. The lowest BCUT2D eigenvalue weighted by molar-refractivity contribution is 0.102. The Morgan fingerprint density at radius 1 is 1.48 bits per heavy atom. The number of aromatic nitrogens is 1. The number of aryl methyl sites for hydroxylation is 1. The number of likely N-dealkylation sites (tertiary alicyclic amines) is 1. The Labute approximate surface area is 145 Å². The molecule has 2 aromatic rings. The monoisotopic (exact) mass is 371 g/mol. The zero-order valence-electron chi connectivity index (χ0n) is 12.2. The highest BCUT2D eigenvalue weighted by Crippen LogP contribution is 2.37. The summed E-state index contributed by atoms with van der Waals surface area (Å²) in [6, 6.07) is 1.63. The second kappa shape index (κ2) is 6.46. The predicted octanol–water partition coefficient (Wildman–Crippen LogP) is 4.23. The van der Waals surface area contributed by atoms with Crippen molar-refractivity contribution in [1.29, 1.82) is 0 Å². The smallest absolute Gasteiger partial charge is 0.407 e. The van der Waals surface area contributed by atoms with E-state index in [4.69, 9.17) is 11.6 Å². The number of thiazole rings is 1. The number of carbonyl (C=O) groups excluding carboxylic acids is 1. The first kappa shape index (κ1) is 16.2. The van der Waals surface area contributed by atoms with Crippen molar-refractivity contribution in [2.45, 2.75) is 25.8 Å².